The summed E-state index contributed by atoms with van der Waals surface area (Å²) in [5.74, 6) is -0.158. The molecule has 0 bridgehead atoms. The maximum absolute atomic E-state index is 13.0. The molecular formula is C64H127N2O6P. The summed E-state index contributed by atoms with van der Waals surface area (Å²) in [6, 6.07) is -0.797. The van der Waals surface area contributed by atoms with Crippen molar-refractivity contribution >= 4 is 13.7 Å². The van der Waals surface area contributed by atoms with Gasteiger partial charge in [-0.05, 0) is 44.9 Å². The number of carbonyl (C=O) groups is 1. The van der Waals surface area contributed by atoms with Gasteiger partial charge in [-0.3, -0.25) is 9.36 Å². The molecule has 3 unspecified atom stereocenters. The van der Waals surface area contributed by atoms with E-state index in [4.69, 9.17) is 9.05 Å². The molecule has 2 N–H and O–H groups in total. The summed E-state index contributed by atoms with van der Waals surface area (Å²) in [4.78, 5) is 25.6. The Morgan fingerprint density at radius 2 is 0.795 bits per heavy atom. The Morgan fingerprint density at radius 1 is 0.479 bits per heavy atom. The normalized spacial score (nSPS) is 13.9. The van der Waals surface area contributed by atoms with Crippen LogP contribution in [0.15, 0.2) is 24.3 Å². The Morgan fingerprint density at radius 3 is 1.14 bits per heavy atom. The minimum Gasteiger partial charge on any atom is -0.756 e. The molecule has 0 rings (SSSR count). The van der Waals surface area contributed by atoms with Crippen molar-refractivity contribution in [2.75, 3.05) is 40.9 Å². The van der Waals surface area contributed by atoms with Crippen molar-refractivity contribution in [3.05, 3.63) is 24.3 Å². The zero-order chi connectivity index (χ0) is 53.5. The van der Waals surface area contributed by atoms with Crippen LogP contribution >= 0.6 is 7.82 Å². The van der Waals surface area contributed by atoms with Crippen LogP contribution in [0, 0.1) is 0 Å². The number of phosphoric acid groups is 1. The van der Waals surface area contributed by atoms with E-state index in [0.29, 0.717) is 23.9 Å². The van der Waals surface area contributed by atoms with Crippen molar-refractivity contribution in [2.24, 2.45) is 0 Å². The average molecular weight is 1050 g/mol. The third-order valence-corrected chi connectivity index (χ3v) is 15.9. The predicted molar refractivity (Wildman–Crippen MR) is 316 cm³/mol. The molecule has 0 radical (unpaired) electrons. The van der Waals surface area contributed by atoms with Crippen LogP contribution in [-0.2, 0) is 18.4 Å². The van der Waals surface area contributed by atoms with Crippen LogP contribution in [0.5, 0.6) is 0 Å². The fraction of sp³-hybridized carbons (Fsp3) is 0.922. The number of nitrogens with zero attached hydrogens (tertiary/aromatic N) is 1. The summed E-state index contributed by atoms with van der Waals surface area (Å²) in [5, 5.41) is 14.0. The SMILES string of the molecule is CCCCCCC/C=C\C/C=C\CCCCCCCCCCCCCCCCCCCCCCCCCC(=O)NC(COP(=O)([O-])OCC[N+](C)(C)C)C(O)CCCCCCCCCCCCCCCCCC. The number of phosphoric ester groups is 1. The van der Waals surface area contributed by atoms with E-state index in [-0.39, 0.29) is 19.1 Å². The monoisotopic (exact) mass is 1050 g/mol. The molecule has 0 saturated heterocycles. The lowest BCUT2D eigenvalue weighted by Crippen LogP contribution is -2.46. The Kier molecular flexibility index (Phi) is 54.9. The molecule has 0 aliphatic carbocycles. The van der Waals surface area contributed by atoms with Gasteiger partial charge in [0.2, 0.25) is 5.91 Å². The first-order chi connectivity index (χ1) is 35.5. The number of rotatable bonds is 60. The van der Waals surface area contributed by atoms with Gasteiger partial charge in [-0.1, -0.05) is 301 Å². The average Bonchev–Trinajstić information content (AvgIpc) is 3.35. The topological polar surface area (TPSA) is 108 Å². The van der Waals surface area contributed by atoms with Crippen LogP contribution in [0.1, 0.15) is 328 Å². The van der Waals surface area contributed by atoms with Gasteiger partial charge in [0.05, 0.1) is 39.9 Å². The summed E-state index contributed by atoms with van der Waals surface area (Å²) in [5.41, 5.74) is 0. The summed E-state index contributed by atoms with van der Waals surface area (Å²) < 4.78 is 23.4. The molecule has 0 aliphatic heterocycles. The van der Waals surface area contributed by atoms with Crippen molar-refractivity contribution in [3.8, 4) is 0 Å². The molecule has 0 heterocycles. The number of carbonyl (C=O) groups excluding carboxylic acids is 1. The highest BCUT2D eigenvalue weighted by molar-refractivity contribution is 7.45. The number of quaternary nitrogens is 1. The number of hydrogen-bond acceptors (Lipinski definition) is 6. The van der Waals surface area contributed by atoms with Crippen molar-refractivity contribution in [1.29, 1.82) is 0 Å². The Bertz CT molecular complexity index is 1240. The Balaban J connectivity index is 3.93. The number of amides is 1. The third-order valence-electron chi connectivity index (χ3n) is 14.9. The fourth-order valence-corrected chi connectivity index (χ4v) is 10.6. The molecule has 0 aromatic carbocycles. The second kappa shape index (κ2) is 55.7. The summed E-state index contributed by atoms with van der Waals surface area (Å²) in [7, 11) is 1.32. The van der Waals surface area contributed by atoms with Gasteiger partial charge in [0, 0.05) is 6.42 Å². The van der Waals surface area contributed by atoms with E-state index in [1.54, 1.807) is 0 Å². The van der Waals surface area contributed by atoms with Crippen molar-refractivity contribution in [2.45, 2.75) is 341 Å². The highest BCUT2D eigenvalue weighted by Crippen LogP contribution is 2.38. The van der Waals surface area contributed by atoms with Crippen LogP contribution in [0.4, 0.5) is 0 Å². The van der Waals surface area contributed by atoms with Crippen molar-refractivity contribution < 1.29 is 32.9 Å². The van der Waals surface area contributed by atoms with Crippen molar-refractivity contribution in [1.82, 2.24) is 5.32 Å². The number of likely N-dealkylation sites (N-methyl/N-ethyl adjacent to an activating group) is 1. The lowest BCUT2D eigenvalue weighted by Gasteiger charge is -2.30. The highest BCUT2D eigenvalue weighted by Gasteiger charge is 2.24. The number of allylic oxidation sites excluding steroid dienone is 4. The van der Waals surface area contributed by atoms with E-state index in [1.807, 2.05) is 21.1 Å². The standard InChI is InChI=1S/C64H127N2O6P/c1-6-8-10-12-14-16-18-20-22-24-25-26-27-28-29-30-31-32-33-34-35-36-37-38-39-40-41-42-44-46-48-50-52-54-56-58-64(68)65-62(61-72-73(69,70)71-60-59-66(3,4)5)63(67)57-55-53-51-49-47-45-43-23-21-19-17-15-13-11-9-7-2/h18,20,24-25,62-63,67H,6-17,19,21-23,26-61H2,1-5H3,(H-,65,68,69,70)/b20-18-,25-24-. The zero-order valence-electron chi connectivity index (χ0n) is 49.6. The number of unbranched alkanes of at least 4 members (excludes halogenated alkanes) is 43. The van der Waals surface area contributed by atoms with E-state index in [2.05, 4.69) is 43.5 Å². The van der Waals surface area contributed by atoms with Gasteiger partial charge in [-0.2, -0.15) is 0 Å². The first kappa shape index (κ1) is 72.0. The summed E-state index contributed by atoms with van der Waals surface area (Å²) >= 11 is 0. The molecule has 73 heavy (non-hydrogen) atoms. The van der Waals surface area contributed by atoms with Crippen LogP contribution in [0.25, 0.3) is 0 Å². The molecular weight excluding hydrogens is 924 g/mol. The van der Waals surface area contributed by atoms with Gasteiger partial charge in [-0.25, -0.2) is 0 Å². The molecule has 0 aromatic rings. The van der Waals surface area contributed by atoms with Gasteiger partial charge in [0.25, 0.3) is 7.82 Å². The third kappa shape index (κ3) is 58.5. The van der Waals surface area contributed by atoms with E-state index >= 15 is 0 Å². The van der Waals surface area contributed by atoms with Crippen LogP contribution < -0.4 is 10.2 Å². The van der Waals surface area contributed by atoms with E-state index in [0.717, 1.165) is 44.9 Å². The molecule has 3 atom stereocenters. The van der Waals surface area contributed by atoms with Crippen molar-refractivity contribution in [3.63, 3.8) is 0 Å². The molecule has 434 valence electrons. The molecule has 9 heteroatoms. The largest absolute Gasteiger partial charge is 0.756 e. The van der Waals surface area contributed by atoms with Gasteiger partial charge in [-0.15, -0.1) is 0 Å². The second-order valence-corrected chi connectivity index (χ2v) is 24.9. The number of aliphatic hydroxyl groups excluding tert-OH is 1. The van der Waals surface area contributed by atoms with Gasteiger partial charge in [0.15, 0.2) is 0 Å². The molecule has 0 aromatic heterocycles. The Hall–Kier alpha value is -1.02. The summed E-state index contributed by atoms with van der Waals surface area (Å²) in [6.45, 7) is 4.76. The highest BCUT2D eigenvalue weighted by atomic mass is 31.2. The van der Waals surface area contributed by atoms with E-state index < -0.39 is 20.0 Å². The molecule has 0 fully saturated rings. The fourth-order valence-electron chi connectivity index (χ4n) is 9.90. The van der Waals surface area contributed by atoms with Crippen LogP contribution in [0.3, 0.4) is 0 Å². The minimum atomic E-state index is -4.57. The first-order valence-corrected chi connectivity index (χ1v) is 33.6. The quantitative estimate of drug-likeness (QED) is 0.0272. The van der Waals surface area contributed by atoms with Crippen LogP contribution in [-0.4, -0.2) is 68.5 Å². The second-order valence-electron chi connectivity index (χ2n) is 23.5. The van der Waals surface area contributed by atoms with Gasteiger partial charge < -0.3 is 28.8 Å². The summed E-state index contributed by atoms with van der Waals surface area (Å²) in [6.07, 6.45) is 71.0. The maximum atomic E-state index is 13.0. The molecule has 0 aliphatic rings. The first-order valence-electron chi connectivity index (χ1n) is 32.2. The maximum Gasteiger partial charge on any atom is 0.268 e. The van der Waals surface area contributed by atoms with Gasteiger partial charge >= 0.3 is 0 Å². The number of nitrogens with one attached hydrogen (secondary N) is 1. The Labute approximate surface area is 455 Å². The molecule has 1 amide bonds. The molecule has 0 spiro atoms. The molecule has 0 saturated carbocycles. The minimum absolute atomic E-state index is 0.0151. The zero-order valence-corrected chi connectivity index (χ0v) is 50.5. The van der Waals surface area contributed by atoms with Gasteiger partial charge in [0.1, 0.15) is 13.2 Å². The molecule has 8 nitrogen and oxygen atoms in total. The van der Waals surface area contributed by atoms with Crippen LogP contribution in [0.2, 0.25) is 0 Å². The van der Waals surface area contributed by atoms with E-state index in [9.17, 15) is 19.4 Å². The smallest absolute Gasteiger partial charge is 0.268 e. The number of aliphatic hydroxyl groups is 1. The number of hydrogen-bond donors (Lipinski definition) is 2. The predicted octanol–water partition coefficient (Wildman–Crippen LogP) is 19.3. The van der Waals surface area contributed by atoms with E-state index in [1.165, 1.54) is 257 Å². The lowest BCUT2D eigenvalue weighted by atomic mass is 10.0. The lowest BCUT2D eigenvalue weighted by molar-refractivity contribution is -0.870.